The monoisotopic (exact) mass is 470 g/mol. The number of para-hydroxylation sites is 2. The highest BCUT2D eigenvalue weighted by molar-refractivity contribution is 7.99. The molecule has 1 aromatic heterocycles. The summed E-state index contributed by atoms with van der Waals surface area (Å²) in [6.45, 7) is 0.281. The first-order chi connectivity index (χ1) is 15.9. The smallest absolute Gasteiger partial charge is 0.269 e. The van der Waals surface area contributed by atoms with E-state index in [1.165, 1.54) is 24.3 Å². The Morgan fingerprint density at radius 3 is 2.61 bits per heavy atom. The first-order valence-electron chi connectivity index (χ1n) is 9.66. The number of amides is 2. The number of nitro groups is 1. The molecule has 170 valence electrons. The van der Waals surface area contributed by atoms with Gasteiger partial charge in [0.2, 0.25) is 5.91 Å². The van der Waals surface area contributed by atoms with E-state index >= 15 is 0 Å². The minimum Gasteiger partial charge on any atom is -0.485 e. The Labute approximate surface area is 191 Å². The van der Waals surface area contributed by atoms with Crippen LogP contribution in [0, 0.1) is 10.1 Å². The van der Waals surface area contributed by atoms with Crippen LogP contribution in [0.4, 0.5) is 5.69 Å². The molecule has 0 spiro atoms. The maximum Gasteiger partial charge on any atom is 0.269 e. The van der Waals surface area contributed by atoms with Crippen LogP contribution in [0.5, 0.6) is 11.5 Å². The fraction of sp³-hybridized carbons (Fsp3) is 0.200. The van der Waals surface area contributed by atoms with Gasteiger partial charge in [-0.25, -0.2) is 0 Å². The van der Waals surface area contributed by atoms with Gasteiger partial charge < -0.3 is 14.0 Å². The fourth-order valence-corrected chi connectivity index (χ4v) is 3.70. The van der Waals surface area contributed by atoms with Crippen LogP contribution in [-0.2, 0) is 11.8 Å². The molecular weight excluding hydrogens is 452 g/mol. The Hall–Kier alpha value is -4.13. The summed E-state index contributed by atoms with van der Waals surface area (Å²) in [4.78, 5) is 34.3. The van der Waals surface area contributed by atoms with Crippen molar-refractivity contribution in [2.45, 2.75) is 11.3 Å². The molecule has 0 bridgehead atoms. The zero-order chi connectivity index (χ0) is 23.4. The summed E-state index contributed by atoms with van der Waals surface area (Å²) in [6.07, 6.45) is -0.443. The number of fused-ring (bicyclic) bond motifs is 1. The molecule has 0 fully saturated rings. The van der Waals surface area contributed by atoms with Crippen molar-refractivity contribution in [1.29, 1.82) is 0 Å². The maximum atomic E-state index is 12.1. The number of carbonyl (C=O) groups excluding carboxylic acids is 2. The Morgan fingerprint density at radius 2 is 1.88 bits per heavy atom. The highest BCUT2D eigenvalue weighted by atomic mass is 32.2. The van der Waals surface area contributed by atoms with E-state index in [0.29, 0.717) is 22.5 Å². The summed E-state index contributed by atoms with van der Waals surface area (Å²) in [5.41, 5.74) is 4.59. The van der Waals surface area contributed by atoms with Crippen molar-refractivity contribution in [2.75, 3.05) is 12.4 Å². The molecule has 0 aliphatic carbocycles. The van der Waals surface area contributed by atoms with Crippen LogP contribution < -0.4 is 20.3 Å². The van der Waals surface area contributed by atoms with Crippen molar-refractivity contribution in [3.05, 3.63) is 70.0 Å². The van der Waals surface area contributed by atoms with Crippen LogP contribution in [0.25, 0.3) is 0 Å². The van der Waals surface area contributed by atoms with E-state index in [9.17, 15) is 19.7 Å². The van der Waals surface area contributed by atoms with E-state index in [-0.39, 0.29) is 23.6 Å². The molecule has 13 heteroatoms. The second kappa shape index (κ2) is 9.56. The minimum atomic E-state index is -0.598. The highest BCUT2D eigenvalue weighted by Gasteiger charge is 2.27. The molecule has 1 unspecified atom stereocenters. The lowest BCUT2D eigenvalue weighted by atomic mass is 10.2. The lowest BCUT2D eigenvalue weighted by molar-refractivity contribution is -0.384. The number of nitrogens with zero attached hydrogens (tertiary/aromatic N) is 4. The van der Waals surface area contributed by atoms with Crippen molar-refractivity contribution in [2.24, 2.45) is 7.05 Å². The molecule has 0 saturated carbocycles. The number of non-ortho nitro benzene ring substituents is 1. The van der Waals surface area contributed by atoms with Crippen molar-refractivity contribution < 1.29 is 24.0 Å². The van der Waals surface area contributed by atoms with Gasteiger partial charge in [0.1, 0.15) is 6.61 Å². The van der Waals surface area contributed by atoms with Gasteiger partial charge in [-0.15, -0.1) is 10.2 Å². The topological polar surface area (TPSA) is 151 Å². The molecule has 2 N–H and O–H groups in total. The van der Waals surface area contributed by atoms with Crippen molar-refractivity contribution >= 4 is 29.3 Å². The standard InChI is InChI=1S/C20H18N6O6S/c1-25-18(16-10-31-14-4-2-3-5-15(14)32-16)22-24-20(25)33-11-17(27)21-23-19(28)12-6-8-13(9-7-12)26(29)30/h2-9,16H,10-11H2,1H3,(H,21,27)(H,23,28). The van der Waals surface area contributed by atoms with E-state index < -0.39 is 22.8 Å². The number of thioether (sulfide) groups is 1. The summed E-state index contributed by atoms with van der Waals surface area (Å²) in [5.74, 6) is 0.744. The summed E-state index contributed by atoms with van der Waals surface area (Å²) in [6, 6.07) is 12.3. The molecular formula is C20H18N6O6S. The molecule has 0 radical (unpaired) electrons. The lowest BCUT2D eigenvalue weighted by Crippen LogP contribution is -2.42. The van der Waals surface area contributed by atoms with Gasteiger partial charge in [-0.3, -0.25) is 30.6 Å². The summed E-state index contributed by atoms with van der Waals surface area (Å²) in [7, 11) is 1.76. The van der Waals surface area contributed by atoms with Gasteiger partial charge >= 0.3 is 0 Å². The second-order valence-electron chi connectivity index (χ2n) is 6.86. The molecule has 1 aliphatic heterocycles. The number of benzene rings is 2. The van der Waals surface area contributed by atoms with Crippen LogP contribution in [0.3, 0.4) is 0 Å². The maximum absolute atomic E-state index is 12.1. The number of hydrogen-bond acceptors (Lipinski definition) is 9. The average molecular weight is 470 g/mol. The zero-order valence-corrected chi connectivity index (χ0v) is 18.1. The first-order valence-corrected chi connectivity index (χ1v) is 10.6. The van der Waals surface area contributed by atoms with Crippen molar-refractivity contribution in [1.82, 2.24) is 25.6 Å². The van der Waals surface area contributed by atoms with Crippen LogP contribution in [0.2, 0.25) is 0 Å². The Bertz CT molecular complexity index is 1200. The normalized spacial score (nSPS) is 14.4. The molecule has 12 nitrogen and oxygen atoms in total. The van der Waals surface area contributed by atoms with Crippen LogP contribution >= 0.6 is 11.8 Å². The van der Waals surface area contributed by atoms with Gasteiger partial charge in [0, 0.05) is 24.7 Å². The van der Waals surface area contributed by atoms with Gasteiger partial charge in [-0.05, 0) is 24.3 Å². The number of hydrazine groups is 1. The molecule has 2 aromatic carbocycles. The van der Waals surface area contributed by atoms with Crippen LogP contribution in [0.15, 0.2) is 53.7 Å². The van der Waals surface area contributed by atoms with Gasteiger partial charge in [0.05, 0.1) is 10.7 Å². The molecule has 4 rings (SSSR count). The molecule has 1 atom stereocenters. The number of nitro benzene ring substituents is 1. The quantitative estimate of drug-likeness (QED) is 0.312. The van der Waals surface area contributed by atoms with E-state index in [1.54, 1.807) is 11.6 Å². The molecule has 2 heterocycles. The molecule has 0 saturated heterocycles. The number of hydrogen-bond donors (Lipinski definition) is 2. The third kappa shape index (κ3) is 5.03. The SMILES string of the molecule is Cn1c(SCC(=O)NNC(=O)c2ccc([N+](=O)[O-])cc2)nnc1C1COc2ccccc2O1. The summed E-state index contributed by atoms with van der Waals surface area (Å²) in [5, 5.41) is 19.4. The summed E-state index contributed by atoms with van der Waals surface area (Å²) >= 11 is 1.13. The molecule has 3 aromatic rings. The third-order valence-corrected chi connectivity index (χ3v) is 5.67. The van der Waals surface area contributed by atoms with Gasteiger partial charge in [0.15, 0.2) is 28.6 Å². The van der Waals surface area contributed by atoms with E-state index in [0.717, 1.165) is 11.8 Å². The number of carbonyl (C=O) groups is 2. The fourth-order valence-electron chi connectivity index (χ4n) is 2.98. The molecule has 2 amide bonds. The molecule has 33 heavy (non-hydrogen) atoms. The lowest BCUT2D eigenvalue weighted by Gasteiger charge is -2.25. The predicted molar refractivity (Wildman–Crippen MR) is 116 cm³/mol. The Kier molecular flexibility index (Phi) is 6.40. The first kappa shape index (κ1) is 22.1. The predicted octanol–water partition coefficient (Wildman–Crippen LogP) is 1.79. The number of nitrogens with one attached hydrogen (secondary N) is 2. The van der Waals surface area contributed by atoms with E-state index in [2.05, 4.69) is 21.0 Å². The third-order valence-electron chi connectivity index (χ3n) is 4.65. The van der Waals surface area contributed by atoms with E-state index in [4.69, 9.17) is 9.47 Å². The van der Waals surface area contributed by atoms with Crippen LogP contribution in [-0.4, -0.2) is 43.9 Å². The Balaban J connectivity index is 1.28. The summed E-state index contributed by atoms with van der Waals surface area (Å²) < 4.78 is 13.4. The highest BCUT2D eigenvalue weighted by Crippen LogP contribution is 2.35. The average Bonchev–Trinajstić information content (AvgIpc) is 3.21. The number of aromatic nitrogens is 3. The number of rotatable bonds is 6. The van der Waals surface area contributed by atoms with Crippen molar-refractivity contribution in [3.8, 4) is 11.5 Å². The largest absolute Gasteiger partial charge is 0.485 e. The number of ether oxygens (including phenoxy) is 2. The van der Waals surface area contributed by atoms with Gasteiger partial charge in [-0.1, -0.05) is 23.9 Å². The van der Waals surface area contributed by atoms with E-state index in [1.807, 2.05) is 24.3 Å². The minimum absolute atomic E-state index is 0.0304. The zero-order valence-electron chi connectivity index (χ0n) is 17.3. The second-order valence-corrected chi connectivity index (χ2v) is 7.80. The van der Waals surface area contributed by atoms with Gasteiger partial charge in [0.25, 0.3) is 11.6 Å². The van der Waals surface area contributed by atoms with Crippen LogP contribution in [0.1, 0.15) is 22.3 Å². The Morgan fingerprint density at radius 1 is 1.15 bits per heavy atom. The molecule has 1 aliphatic rings. The van der Waals surface area contributed by atoms with Crippen molar-refractivity contribution in [3.63, 3.8) is 0 Å². The van der Waals surface area contributed by atoms with Gasteiger partial charge in [-0.2, -0.15) is 0 Å².